The van der Waals surface area contributed by atoms with Gasteiger partial charge in [-0.25, -0.2) is 4.79 Å². The Kier molecular flexibility index (Phi) is 8.29. The number of amidine groups is 1. The quantitative estimate of drug-likeness (QED) is 0.270. The molecule has 10 heteroatoms. The van der Waals surface area contributed by atoms with Crippen LogP contribution >= 0.6 is 23.4 Å². The first-order chi connectivity index (χ1) is 15.5. The highest BCUT2D eigenvalue weighted by Gasteiger charge is 2.25. The predicted molar refractivity (Wildman–Crippen MR) is 124 cm³/mol. The summed E-state index contributed by atoms with van der Waals surface area (Å²) in [4.78, 5) is 23.3. The molecule has 0 bridgehead atoms. The highest BCUT2D eigenvalue weighted by molar-refractivity contribution is 8.18. The number of thioether (sulfide) groups is 1. The number of esters is 1. The number of rotatable bonds is 8. The van der Waals surface area contributed by atoms with Gasteiger partial charge in [0.1, 0.15) is 6.61 Å². The smallest absolute Gasteiger partial charge is 0.331 e. The zero-order valence-electron chi connectivity index (χ0n) is 17.3. The van der Waals surface area contributed by atoms with Crippen molar-refractivity contribution in [3.05, 3.63) is 69.6 Å². The molecule has 0 aromatic heterocycles. The molecule has 0 unspecified atom stereocenters. The molecule has 1 aliphatic heterocycles. The molecule has 2 aromatic rings. The Bertz CT molecular complexity index is 1090. The molecule has 1 saturated heterocycles. The average molecular weight is 474 g/mol. The largest absolute Gasteiger partial charge is 0.490 e. The fourth-order valence-electron chi connectivity index (χ4n) is 2.55. The van der Waals surface area contributed by atoms with Crippen LogP contribution in [0.5, 0.6) is 11.5 Å². The number of methoxy groups -OCH3 is 1. The van der Waals surface area contributed by atoms with Crippen molar-refractivity contribution < 1.29 is 23.8 Å². The third-order valence-electron chi connectivity index (χ3n) is 4.05. The van der Waals surface area contributed by atoms with E-state index in [4.69, 9.17) is 21.1 Å². The van der Waals surface area contributed by atoms with Gasteiger partial charge in [0.15, 0.2) is 16.7 Å². The minimum Gasteiger partial charge on any atom is -0.490 e. The first kappa shape index (κ1) is 23.4. The Balaban J connectivity index is 1.73. The van der Waals surface area contributed by atoms with Crippen molar-refractivity contribution in [3.63, 3.8) is 0 Å². The van der Waals surface area contributed by atoms with Crippen LogP contribution in [-0.2, 0) is 20.9 Å². The first-order valence-corrected chi connectivity index (χ1v) is 10.7. The fourth-order valence-corrected chi connectivity index (χ4v) is 3.49. The van der Waals surface area contributed by atoms with Gasteiger partial charge in [-0.05, 0) is 30.3 Å². The summed E-state index contributed by atoms with van der Waals surface area (Å²) < 4.78 is 16.1. The molecule has 8 nitrogen and oxygen atoms in total. The number of halogens is 1. The van der Waals surface area contributed by atoms with E-state index in [9.17, 15) is 9.59 Å². The predicted octanol–water partition coefficient (Wildman–Crippen LogP) is 3.93. The lowest BCUT2D eigenvalue weighted by molar-refractivity contribution is -0.135. The highest BCUT2D eigenvalue weighted by Crippen LogP contribution is 2.33. The number of benzene rings is 2. The van der Waals surface area contributed by atoms with Gasteiger partial charge < -0.3 is 14.2 Å². The lowest BCUT2D eigenvalue weighted by Gasteiger charge is -2.13. The normalized spacial score (nSPS) is 15.9. The molecule has 0 atom stereocenters. The van der Waals surface area contributed by atoms with Gasteiger partial charge in [-0.15, -0.1) is 5.10 Å². The summed E-state index contributed by atoms with van der Waals surface area (Å²) in [5, 5.41) is 11.1. The van der Waals surface area contributed by atoms with E-state index < -0.39 is 11.9 Å². The molecule has 0 spiro atoms. The van der Waals surface area contributed by atoms with Crippen molar-refractivity contribution in [1.29, 1.82) is 0 Å². The van der Waals surface area contributed by atoms with Crippen molar-refractivity contribution in [2.24, 2.45) is 10.2 Å². The van der Waals surface area contributed by atoms with E-state index >= 15 is 0 Å². The van der Waals surface area contributed by atoms with E-state index in [1.54, 1.807) is 12.1 Å². The minimum atomic E-state index is -0.628. The van der Waals surface area contributed by atoms with Gasteiger partial charge in [-0.1, -0.05) is 41.9 Å². The number of carbonyl (C=O) groups is 2. The molecule has 0 saturated carbocycles. The molecule has 1 aliphatic rings. The van der Waals surface area contributed by atoms with Crippen LogP contribution in [0.4, 0.5) is 0 Å². The lowest BCUT2D eigenvalue weighted by Crippen LogP contribution is -2.19. The molecular weight excluding hydrogens is 454 g/mol. The van der Waals surface area contributed by atoms with Crippen molar-refractivity contribution >= 4 is 46.6 Å². The number of carbonyl (C=O) groups excluding carboxylic acids is 2. The summed E-state index contributed by atoms with van der Waals surface area (Å²) in [5.41, 5.74) is 1.58. The van der Waals surface area contributed by atoms with Crippen LogP contribution in [0.25, 0.3) is 0 Å². The van der Waals surface area contributed by atoms with Crippen LogP contribution in [0.3, 0.4) is 0 Å². The van der Waals surface area contributed by atoms with Crippen LogP contribution in [0.2, 0.25) is 5.02 Å². The fraction of sp³-hybridized carbons (Fsp3) is 0.182. The van der Waals surface area contributed by atoms with Crippen LogP contribution < -0.4 is 14.8 Å². The van der Waals surface area contributed by atoms with Crippen LogP contribution in [0.15, 0.2) is 63.6 Å². The van der Waals surface area contributed by atoms with Crippen molar-refractivity contribution in [3.8, 4) is 11.5 Å². The second kappa shape index (κ2) is 11.4. The van der Waals surface area contributed by atoms with Crippen LogP contribution in [0.1, 0.15) is 18.1 Å². The van der Waals surface area contributed by atoms with Gasteiger partial charge >= 0.3 is 5.97 Å². The van der Waals surface area contributed by atoms with E-state index in [2.05, 4.69) is 20.3 Å². The second-order valence-electron chi connectivity index (χ2n) is 6.27. The van der Waals surface area contributed by atoms with E-state index in [1.165, 1.54) is 13.3 Å². The topological polar surface area (TPSA) is 98.6 Å². The molecule has 1 amide bonds. The third kappa shape index (κ3) is 6.35. The summed E-state index contributed by atoms with van der Waals surface area (Å²) in [6.07, 6.45) is 2.53. The molecule has 2 aromatic carbocycles. The summed E-state index contributed by atoms with van der Waals surface area (Å²) in [5.74, 6) is -0.0442. The summed E-state index contributed by atoms with van der Waals surface area (Å²) in [6.45, 7) is 2.69. The SMILES string of the molecule is CCOc1cc(C=N/N=C2/NC(=O)/C(=C\C(=O)OC)S2)c(Cl)cc1OCc1ccccc1. The number of ether oxygens (including phenoxy) is 3. The summed E-state index contributed by atoms with van der Waals surface area (Å²) >= 11 is 7.37. The number of hydrogen-bond donors (Lipinski definition) is 1. The zero-order valence-corrected chi connectivity index (χ0v) is 18.9. The van der Waals surface area contributed by atoms with Crippen molar-refractivity contribution in [1.82, 2.24) is 5.32 Å². The summed E-state index contributed by atoms with van der Waals surface area (Å²) in [7, 11) is 1.23. The lowest BCUT2D eigenvalue weighted by atomic mass is 10.2. The molecule has 0 radical (unpaired) electrons. The molecule has 3 rings (SSSR count). The maximum atomic E-state index is 11.8. The molecule has 32 heavy (non-hydrogen) atoms. The second-order valence-corrected chi connectivity index (χ2v) is 7.70. The van der Waals surface area contributed by atoms with Crippen LogP contribution in [-0.4, -0.2) is 37.0 Å². The number of nitrogens with zero attached hydrogens (tertiary/aromatic N) is 2. The molecule has 1 heterocycles. The van der Waals surface area contributed by atoms with E-state index in [1.807, 2.05) is 37.3 Å². The maximum absolute atomic E-state index is 11.8. The molecule has 0 aliphatic carbocycles. The van der Waals surface area contributed by atoms with Gasteiger partial charge in [0, 0.05) is 17.7 Å². The van der Waals surface area contributed by atoms with Gasteiger partial charge in [-0.2, -0.15) is 5.10 Å². The summed E-state index contributed by atoms with van der Waals surface area (Å²) in [6, 6.07) is 13.1. The maximum Gasteiger partial charge on any atom is 0.331 e. The Morgan fingerprint density at radius 3 is 2.66 bits per heavy atom. The van der Waals surface area contributed by atoms with Gasteiger partial charge in [0.05, 0.1) is 29.9 Å². The van der Waals surface area contributed by atoms with Crippen molar-refractivity contribution in [2.75, 3.05) is 13.7 Å². The molecule has 166 valence electrons. The third-order valence-corrected chi connectivity index (χ3v) is 5.27. The Labute approximate surface area is 194 Å². The van der Waals surface area contributed by atoms with E-state index in [0.29, 0.717) is 35.3 Å². The Morgan fingerprint density at radius 1 is 1.19 bits per heavy atom. The first-order valence-electron chi connectivity index (χ1n) is 9.53. The highest BCUT2D eigenvalue weighted by atomic mass is 35.5. The van der Waals surface area contributed by atoms with Gasteiger partial charge in [0.2, 0.25) is 0 Å². The standard InChI is InChI=1S/C22H20ClN3O5S/c1-3-30-17-9-15(16(23)10-18(17)31-13-14-7-5-4-6-8-14)12-24-26-22-25-21(28)19(32-22)11-20(27)29-2/h4-12H,3,13H2,1-2H3,(H,25,26,28)/b19-11+,24-12?. The van der Waals surface area contributed by atoms with Gasteiger partial charge in [0.25, 0.3) is 5.91 Å². The monoisotopic (exact) mass is 473 g/mol. The average Bonchev–Trinajstić information content (AvgIpc) is 3.14. The molecule has 1 fully saturated rings. The van der Waals surface area contributed by atoms with Crippen molar-refractivity contribution in [2.45, 2.75) is 13.5 Å². The van der Waals surface area contributed by atoms with E-state index in [0.717, 1.165) is 23.4 Å². The van der Waals surface area contributed by atoms with Crippen LogP contribution in [0, 0.1) is 0 Å². The zero-order chi connectivity index (χ0) is 22.9. The number of amides is 1. The van der Waals surface area contributed by atoms with Gasteiger partial charge in [-0.3, -0.25) is 10.1 Å². The minimum absolute atomic E-state index is 0.169. The van der Waals surface area contributed by atoms with E-state index in [-0.39, 0.29) is 10.1 Å². The Hall–Kier alpha value is -3.30. The Morgan fingerprint density at radius 2 is 1.94 bits per heavy atom. The molecule has 1 N–H and O–H groups in total. The number of nitrogens with one attached hydrogen (secondary N) is 1. The molecular formula is C22H20ClN3O5S. The number of hydrogen-bond acceptors (Lipinski definition) is 8.